The Labute approximate surface area is 163 Å². The molecule has 0 saturated heterocycles. The van der Waals surface area contributed by atoms with E-state index in [-0.39, 0.29) is 23.5 Å². The molecule has 150 valence electrons. The highest BCUT2D eigenvalue weighted by molar-refractivity contribution is 5.67. The number of rotatable bonds is 2. The van der Waals surface area contributed by atoms with E-state index >= 15 is 0 Å². The number of fused-ring (bicyclic) bond motifs is 5. The van der Waals surface area contributed by atoms with Crippen molar-refractivity contribution in [3.05, 3.63) is 11.8 Å². The SMILES string of the molecule is CC(=O)OC1=CC[C@H]2[C@@H]3CC[C@@H]4C[C@H](OC(C)=O)CC[C@]4(C)[C@H]3CC[C@]12C. The molecule has 0 aromatic heterocycles. The number of carbonyl (C=O) groups is 2. The zero-order chi connectivity index (χ0) is 19.4. The van der Waals surface area contributed by atoms with Crippen LogP contribution >= 0.6 is 0 Å². The van der Waals surface area contributed by atoms with Gasteiger partial charge in [-0.25, -0.2) is 0 Å². The van der Waals surface area contributed by atoms with Gasteiger partial charge in [-0.15, -0.1) is 0 Å². The maximum atomic E-state index is 11.5. The third kappa shape index (κ3) is 3.03. The van der Waals surface area contributed by atoms with Crippen LogP contribution in [0.1, 0.15) is 79.1 Å². The van der Waals surface area contributed by atoms with E-state index in [9.17, 15) is 9.59 Å². The van der Waals surface area contributed by atoms with E-state index in [2.05, 4.69) is 19.9 Å². The zero-order valence-electron chi connectivity index (χ0n) is 17.3. The van der Waals surface area contributed by atoms with Crippen LogP contribution in [0.5, 0.6) is 0 Å². The third-order valence-corrected chi connectivity index (χ3v) is 8.71. The lowest BCUT2D eigenvalue weighted by atomic mass is 9.45. The normalized spacial score (nSPS) is 45.8. The van der Waals surface area contributed by atoms with Gasteiger partial charge in [-0.2, -0.15) is 0 Å². The molecule has 4 aliphatic carbocycles. The summed E-state index contributed by atoms with van der Waals surface area (Å²) in [6.07, 6.45) is 11.4. The van der Waals surface area contributed by atoms with Crippen molar-refractivity contribution < 1.29 is 19.1 Å². The molecule has 3 fully saturated rings. The summed E-state index contributed by atoms with van der Waals surface area (Å²) in [4.78, 5) is 22.9. The highest BCUT2D eigenvalue weighted by Crippen LogP contribution is 2.66. The minimum Gasteiger partial charge on any atom is -0.463 e. The van der Waals surface area contributed by atoms with Crippen LogP contribution in [-0.4, -0.2) is 18.0 Å². The Kier molecular flexibility index (Phi) is 4.67. The molecule has 0 spiro atoms. The lowest BCUT2D eigenvalue weighted by Crippen LogP contribution is -2.54. The average Bonchev–Trinajstić information content (AvgIpc) is 2.91. The monoisotopic (exact) mass is 374 g/mol. The summed E-state index contributed by atoms with van der Waals surface area (Å²) in [6, 6.07) is 0. The van der Waals surface area contributed by atoms with Gasteiger partial charge >= 0.3 is 11.9 Å². The van der Waals surface area contributed by atoms with Crippen molar-refractivity contribution in [2.45, 2.75) is 85.2 Å². The first kappa shape index (κ1) is 19.0. The molecule has 4 nitrogen and oxygen atoms in total. The lowest BCUT2D eigenvalue weighted by molar-refractivity contribution is -0.159. The molecule has 0 bridgehead atoms. The first-order chi connectivity index (χ1) is 12.7. The third-order valence-electron chi connectivity index (χ3n) is 8.71. The highest BCUT2D eigenvalue weighted by Gasteiger charge is 2.59. The molecule has 0 aromatic rings. The van der Waals surface area contributed by atoms with Crippen LogP contribution in [0, 0.1) is 34.5 Å². The van der Waals surface area contributed by atoms with Gasteiger partial charge in [-0.05, 0) is 86.5 Å². The van der Waals surface area contributed by atoms with Crippen LogP contribution in [-0.2, 0) is 19.1 Å². The van der Waals surface area contributed by atoms with E-state index in [1.54, 1.807) is 0 Å². The fourth-order valence-electron chi connectivity index (χ4n) is 7.40. The zero-order valence-corrected chi connectivity index (χ0v) is 17.3. The van der Waals surface area contributed by atoms with Gasteiger partial charge in [0.1, 0.15) is 11.9 Å². The van der Waals surface area contributed by atoms with Crippen LogP contribution in [0.15, 0.2) is 11.8 Å². The second-order valence-corrected chi connectivity index (χ2v) is 10.0. The van der Waals surface area contributed by atoms with Gasteiger partial charge in [0.2, 0.25) is 0 Å². The van der Waals surface area contributed by atoms with Crippen molar-refractivity contribution >= 4 is 11.9 Å². The Balaban J connectivity index is 1.51. The summed E-state index contributed by atoms with van der Waals surface area (Å²) >= 11 is 0. The standard InChI is InChI=1S/C23H34O4/c1-14(24)26-17-9-11-22(3)16(13-17)5-6-18-19-7-8-21(27-15(2)25)23(19,4)12-10-20(18)22/h8,16-20H,5-7,9-13H2,1-4H3/t16-,17-,18+,19+,20+,22+,23+/m1/s1. The Hall–Kier alpha value is -1.32. The fourth-order valence-corrected chi connectivity index (χ4v) is 7.40. The summed E-state index contributed by atoms with van der Waals surface area (Å²) in [5.74, 6) is 3.35. The maximum Gasteiger partial charge on any atom is 0.307 e. The Morgan fingerprint density at radius 3 is 2.48 bits per heavy atom. The summed E-state index contributed by atoms with van der Waals surface area (Å²) < 4.78 is 11.2. The number of hydrogen-bond acceptors (Lipinski definition) is 4. The maximum absolute atomic E-state index is 11.5. The largest absolute Gasteiger partial charge is 0.463 e. The summed E-state index contributed by atoms with van der Waals surface area (Å²) in [5.41, 5.74) is 0.399. The quantitative estimate of drug-likeness (QED) is 0.637. The molecular formula is C23H34O4. The van der Waals surface area contributed by atoms with E-state index < -0.39 is 0 Å². The molecule has 4 aliphatic rings. The van der Waals surface area contributed by atoms with Crippen LogP contribution in [0.2, 0.25) is 0 Å². The average molecular weight is 375 g/mol. The van der Waals surface area contributed by atoms with E-state index in [1.807, 2.05) is 0 Å². The van der Waals surface area contributed by atoms with Crippen LogP contribution < -0.4 is 0 Å². The van der Waals surface area contributed by atoms with Gasteiger partial charge < -0.3 is 9.47 Å². The number of carbonyl (C=O) groups excluding carboxylic acids is 2. The van der Waals surface area contributed by atoms with Crippen molar-refractivity contribution in [1.82, 2.24) is 0 Å². The predicted octanol–water partition coefficient (Wildman–Crippen LogP) is 5.02. The molecular weight excluding hydrogens is 340 g/mol. The fraction of sp³-hybridized carbons (Fsp3) is 0.826. The smallest absolute Gasteiger partial charge is 0.307 e. The van der Waals surface area contributed by atoms with Crippen molar-refractivity contribution in [2.24, 2.45) is 34.5 Å². The Morgan fingerprint density at radius 1 is 1.00 bits per heavy atom. The molecule has 0 aliphatic heterocycles. The van der Waals surface area contributed by atoms with Crippen LogP contribution in [0.25, 0.3) is 0 Å². The minimum atomic E-state index is -0.190. The molecule has 0 radical (unpaired) electrons. The van der Waals surface area contributed by atoms with Gasteiger partial charge in [0, 0.05) is 19.3 Å². The molecule has 27 heavy (non-hydrogen) atoms. The number of allylic oxidation sites excluding steroid dienone is 2. The van der Waals surface area contributed by atoms with Gasteiger partial charge in [0.05, 0.1) is 0 Å². The van der Waals surface area contributed by atoms with Crippen molar-refractivity contribution in [1.29, 1.82) is 0 Å². The first-order valence-corrected chi connectivity index (χ1v) is 10.8. The second-order valence-electron chi connectivity index (χ2n) is 10.0. The highest BCUT2D eigenvalue weighted by atomic mass is 16.5. The van der Waals surface area contributed by atoms with Crippen molar-refractivity contribution in [3.63, 3.8) is 0 Å². The summed E-state index contributed by atoms with van der Waals surface area (Å²) in [6.45, 7) is 7.87. The van der Waals surface area contributed by atoms with Crippen molar-refractivity contribution in [3.8, 4) is 0 Å². The molecule has 4 heteroatoms. The van der Waals surface area contributed by atoms with Gasteiger partial charge in [-0.3, -0.25) is 9.59 Å². The minimum absolute atomic E-state index is 0.0327. The van der Waals surface area contributed by atoms with Crippen molar-refractivity contribution in [2.75, 3.05) is 0 Å². The van der Waals surface area contributed by atoms with Gasteiger partial charge in [-0.1, -0.05) is 13.8 Å². The molecule has 0 N–H and O–H groups in total. The first-order valence-electron chi connectivity index (χ1n) is 10.8. The van der Waals surface area contributed by atoms with Crippen LogP contribution in [0.4, 0.5) is 0 Å². The Bertz CT molecular complexity index is 667. The molecule has 0 unspecified atom stereocenters. The van der Waals surface area contributed by atoms with E-state index in [0.29, 0.717) is 17.3 Å². The molecule has 3 saturated carbocycles. The molecule has 0 aromatic carbocycles. The lowest BCUT2D eigenvalue weighted by Gasteiger charge is -2.60. The topological polar surface area (TPSA) is 52.6 Å². The molecule has 0 heterocycles. The number of esters is 2. The van der Waals surface area contributed by atoms with Gasteiger partial charge in [0.15, 0.2) is 0 Å². The molecule has 4 rings (SSSR count). The van der Waals surface area contributed by atoms with E-state index in [1.165, 1.54) is 39.5 Å². The van der Waals surface area contributed by atoms with E-state index in [0.717, 1.165) is 43.3 Å². The molecule has 0 amide bonds. The summed E-state index contributed by atoms with van der Waals surface area (Å²) in [7, 11) is 0. The predicted molar refractivity (Wildman–Crippen MR) is 103 cm³/mol. The Morgan fingerprint density at radius 2 is 1.78 bits per heavy atom. The molecule has 7 atom stereocenters. The second kappa shape index (κ2) is 6.63. The summed E-state index contributed by atoms with van der Waals surface area (Å²) in [5, 5.41) is 0. The number of ether oxygens (including phenoxy) is 2. The van der Waals surface area contributed by atoms with Crippen LogP contribution in [0.3, 0.4) is 0 Å². The number of hydrogen-bond donors (Lipinski definition) is 0. The van der Waals surface area contributed by atoms with Gasteiger partial charge in [0.25, 0.3) is 0 Å². The van der Waals surface area contributed by atoms with E-state index in [4.69, 9.17) is 9.47 Å².